The van der Waals surface area contributed by atoms with Crippen LogP contribution >= 0.6 is 31.9 Å². The largest absolute Gasteiger partial charge is 0.476 e. The van der Waals surface area contributed by atoms with Crippen LogP contribution in [0.3, 0.4) is 0 Å². The molecule has 1 aromatic rings. The topological polar surface area (TPSA) is 48.4 Å². The molecule has 0 saturated carbocycles. The molecule has 0 bridgehead atoms. The minimum atomic E-state index is -0.449. The Morgan fingerprint density at radius 2 is 2.27 bits per heavy atom. The second-order valence-electron chi connectivity index (χ2n) is 2.94. The number of carbonyl (C=O) groups is 1. The summed E-state index contributed by atoms with van der Waals surface area (Å²) in [5.74, 6) is 0.224. The average Bonchev–Trinajstić information content (AvgIpc) is 2.54. The van der Waals surface area contributed by atoms with Gasteiger partial charge in [0.05, 0.1) is 7.11 Å². The van der Waals surface area contributed by atoms with Crippen molar-refractivity contribution in [3.8, 4) is 5.75 Å². The van der Waals surface area contributed by atoms with E-state index >= 15 is 0 Å². The predicted octanol–water partition coefficient (Wildman–Crippen LogP) is 2.42. The summed E-state index contributed by atoms with van der Waals surface area (Å²) in [7, 11) is 1.33. The molecule has 4 nitrogen and oxygen atoms in total. The summed E-state index contributed by atoms with van der Waals surface area (Å²) in [6.07, 6.45) is 0. The third kappa shape index (κ3) is 1.88. The molecular formula is C9H7Br2NO3. The number of hydrogen-bond acceptors (Lipinski definition) is 4. The number of ether oxygens (including phenoxy) is 2. The Kier molecular flexibility index (Phi) is 2.97. The fraction of sp³-hybridized carbons (Fsp3) is 0.333. The first kappa shape index (κ1) is 10.9. The molecule has 0 aromatic carbocycles. The number of aromatic nitrogens is 1. The van der Waals surface area contributed by atoms with Crippen LogP contribution in [0.25, 0.3) is 0 Å². The maximum atomic E-state index is 11.2. The lowest BCUT2D eigenvalue weighted by Crippen LogP contribution is -2.06. The first-order valence-corrected chi connectivity index (χ1v) is 6.00. The van der Waals surface area contributed by atoms with E-state index in [2.05, 4.69) is 41.6 Å². The van der Waals surface area contributed by atoms with Gasteiger partial charge in [-0.1, -0.05) is 15.9 Å². The van der Waals surface area contributed by atoms with Crippen molar-refractivity contribution in [2.24, 2.45) is 0 Å². The highest BCUT2D eigenvalue weighted by Gasteiger charge is 2.32. The van der Waals surface area contributed by atoms with E-state index in [9.17, 15) is 4.79 Å². The summed E-state index contributed by atoms with van der Waals surface area (Å²) < 4.78 is 10.0. The lowest BCUT2D eigenvalue weighted by Gasteiger charge is -2.02. The van der Waals surface area contributed by atoms with Crippen molar-refractivity contribution in [2.45, 2.75) is 9.84 Å². The van der Waals surface area contributed by atoms with E-state index in [1.807, 2.05) is 0 Å². The first-order valence-electron chi connectivity index (χ1n) is 4.17. The van der Waals surface area contributed by atoms with Crippen LogP contribution in [-0.2, 0) is 4.74 Å². The van der Waals surface area contributed by atoms with E-state index in [4.69, 9.17) is 4.74 Å². The van der Waals surface area contributed by atoms with Crippen LogP contribution in [0.5, 0.6) is 5.75 Å². The van der Waals surface area contributed by atoms with Gasteiger partial charge in [-0.2, -0.15) is 0 Å². The number of halogens is 2. The van der Waals surface area contributed by atoms with E-state index in [-0.39, 0.29) is 15.5 Å². The molecule has 0 radical (unpaired) electrons. The van der Waals surface area contributed by atoms with Gasteiger partial charge in [-0.3, -0.25) is 0 Å². The zero-order chi connectivity index (χ0) is 11.0. The maximum Gasteiger partial charge on any atom is 0.356 e. The van der Waals surface area contributed by atoms with Crippen molar-refractivity contribution in [1.29, 1.82) is 0 Å². The first-order chi connectivity index (χ1) is 7.13. The van der Waals surface area contributed by atoms with Crippen LogP contribution in [0.15, 0.2) is 12.1 Å². The number of pyridine rings is 1. The van der Waals surface area contributed by atoms with Gasteiger partial charge < -0.3 is 9.47 Å². The molecule has 2 heterocycles. The highest BCUT2D eigenvalue weighted by atomic mass is 79.9. The second-order valence-corrected chi connectivity index (χ2v) is 4.83. The molecule has 0 aliphatic carbocycles. The Bertz CT molecular complexity index is 410. The molecule has 2 rings (SSSR count). The number of fused-ring (bicyclic) bond motifs is 1. The number of rotatable bonds is 1. The SMILES string of the molecule is COC(=O)c1ccc2c(n1)C(Br)C(Br)O2. The Balaban J connectivity index is 2.39. The standard InChI is InChI=1S/C9H7Br2NO3/c1-14-9(13)4-2-3-5-7(12-4)6(10)8(11)15-5/h2-3,6,8H,1H3. The van der Waals surface area contributed by atoms with Gasteiger partial charge >= 0.3 is 5.97 Å². The summed E-state index contributed by atoms with van der Waals surface area (Å²) in [6.45, 7) is 0. The number of nitrogens with zero attached hydrogens (tertiary/aromatic N) is 1. The third-order valence-electron chi connectivity index (χ3n) is 2.01. The van der Waals surface area contributed by atoms with Gasteiger partial charge in [0.2, 0.25) is 0 Å². The van der Waals surface area contributed by atoms with Crippen LogP contribution in [0.1, 0.15) is 21.0 Å². The number of carbonyl (C=O) groups excluding carboxylic acids is 1. The Morgan fingerprint density at radius 3 is 2.93 bits per heavy atom. The number of hydrogen-bond donors (Lipinski definition) is 0. The molecule has 1 aliphatic rings. The van der Waals surface area contributed by atoms with Crippen molar-refractivity contribution in [2.75, 3.05) is 7.11 Å². The number of esters is 1. The summed E-state index contributed by atoms with van der Waals surface area (Å²) in [4.78, 5) is 15.4. The molecule has 1 aromatic heterocycles. The van der Waals surface area contributed by atoms with Gasteiger partial charge in [-0.25, -0.2) is 9.78 Å². The molecule has 0 fully saturated rings. The van der Waals surface area contributed by atoms with Gasteiger partial charge in [0.1, 0.15) is 22.0 Å². The molecule has 80 valence electrons. The minimum absolute atomic E-state index is 0.0582. The van der Waals surface area contributed by atoms with Crippen molar-refractivity contribution in [3.63, 3.8) is 0 Å². The monoisotopic (exact) mass is 335 g/mol. The Morgan fingerprint density at radius 1 is 1.53 bits per heavy atom. The van der Waals surface area contributed by atoms with Gasteiger partial charge in [0.25, 0.3) is 0 Å². The fourth-order valence-electron chi connectivity index (χ4n) is 1.28. The van der Waals surface area contributed by atoms with E-state index in [0.29, 0.717) is 11.4 Å². The van der Waals surface area contributed by atoms with E-state index in [0.717, 1.165) is 0 Å². The molecule has 15 heavy (non-hydrogen) atoms. The highest BCUT2D eigenvalue weighted by Crippen LogP contribution is 2.43. The third-order valence-corrected chi connectivity index (χ3v) is 4.35. The second kappa shape index (κ2) is 4.09. The molecule has 0 saturated heterocycles. The molecular weight excluding hydrogens is 330 g/mol. The van der Waals surface area contributed by atoms with Gasteiger partial charge in [-0.05, 0) is 28.1 Å². The van der Waals surface area contributed by atoms with Crippen molar-refractivity contribution in [3.05, 3.63) is 23.5 Å². The molecule has 0 amide bonds. The van der Waals surface area contributed by atoms with Crippen molar-refractivity contribution < 1.29 is 14.3 Å². The molecule has 6 heteroatoms. The van der Waals surface area contributed by atoms with Crippen molar-refractivity contribution in [1.82, 2.24) is 4.98 Å². The molecule has 2 unspecified atom stereocenters. The van der Waals surface area contributed by atoms with E-state index in [1.165, 1.54) is 7.11 Å². The van der Waals surface area contributed by atoms with Crippen LogP contribution < -0.4 is 4.74 Å². The zero-order valence-electron chi connectivity index (χ0n) is 7.74. The molecule has 2 atom stereocenters. The summed E-state index contributed by atoms with van der Waals surface area (Å²) in [6, 6.07) is 3.29. The Hall–Kier alpha value is -0.620. The van der Waals surface area contributed by atoms with Crippen LogP contribution in [0.2, 0.25) is 0 Å². The lowest BCUT2D eigenvalue weighted by molar-refractivity contribution is 0.0594. The Labute approximate surface area is 103 Å². The van der Waals surface area contributed by atoms with Gasteiger partial charge in [0, 0.05) is 0 Å². The summed E-state index contributed by atoms with van der Waals surface area (Å²) in [5.41, 5.74) is 0.991. The van der Waals surface area contributed by atoms with Gasteiger partial charge in [-0.15, -0.1) is 0 Å². The summed E-state index contributed by atoms with van der Waals surface area (Å²) in [5, 5.41) is -0.159. The van der Waals surface area contributed by atoms with E-state index < -0.39 is 5.97 Å². The smallest absolute Gasteiger partial charge is 0.356 e. The van der Waals surface area contributed by atoms with Crippen LogP contribution in [0, 0.1) is 0 Å². The van der Waals surface area contributed by atoms with Crippen LogP contribution in [0.4, 0.5) is 0 Å². The predicted molar refractivity (Wildman–Crippen MR) is 60.6 cm³/mol. The minimum Gasteiger partial charge on any atom is -0.476 e. The molecule has 0 N–H and O–H groups in total. The normalized spacial score (nSPS) is 23.1. The fourth-order valence-corrected chi connectivity index (χ4v) is 2.17. The lowest BCUT2D eigenvalue weighted by atomic mass is 10.2. The summed E-state index contributed by atoms with van der Waals surface area (Å²) >= 11 is 6.76. The maximum absolute atomic E-state index is 11.2. The average molecular weight is 337 g/mol. The van der Waals surface area contributed by atoms with E-state index in [1.54, 1.807) is 12.1 Å². The quantitative estimate of drug-likeness (QED) is 0.583. The molecule has 0 spiro atoms. The van der Waals surface area contributed by atoms with Crippen molar-refractivity contribution >= 4 is 37.8 Å². The number of methoxy groups -OCH3 is 1. The molecule has 1 aliphatic heterocycles. The van der Waals surface area contributed by atoms with Crippen LogP contribution in [-0.4, -0.2) is 23.1 Å². The highest BCUT2D eigenvalue weighted by molar-refractivity contribution is 9.12. The van der Waals surface area contributed by atoms with Gasteiger partial charge in [0.15, 0.2) is 5.01 Å². The zero-order valence-corrected chi connectivity index (χ0v) is 10.9. The number of alkyl halides is 2.